The zero-order valence-electron chi connectivity index (χ0n) is 12.2. The van der Waals surface area contributed by atoms with Gasteiger partial charge in [0.25, 0.3) is 0 Å². The number of rotatable bonds is 8. The topological polar surface area (TPSA) is 99.4 Å². The molecular weight excluding hydrogens is 260 g/mol. The van der Waals surface area contributed by atoms with Gasteiger partial charge < -0.3 is 15.2 Å². The van der Waals surface area contributed by atoms with Gasteiger partial charge in [-0.1, -0.05) is 6.92 Å². The van der Waals surface area contributed by atoms with Crippen LogP contribution in [0.5, 0.6) is 11.8 Å². The molecule has 1 aromatic rings. The monoisotopic (exact) mass is 282 g/mol. The average molecular weight is 282 g/mol. The SMILES string of the molecule is COc1cc(OC)nc(NC(=O)CCC(C)CCN)n1. The van der Waals surface area contributed by atoms with E-state index in [2.05, 4.69) is 22.2 Å². The van der Waals surface area contributed by atoms with Gasteiger partial charge in [-0.05, 0) is 25.3 Å². The van der Waals surface area contributed by atoms with Gasteiger partial charge in [-0.25, -0.2) is 0 Å². The first kappa shape index (κ1) is 16.2. The number of anilines is 1. The molecular formula is C13H22N4O3. The highest BCUT2D eigenvalue weighted by molar-refractivity contribution is 5.88. The largest absolute Gasteiger partial charge is 0.481 e. The van der Waals surface area contributed by atoms with Gasteiger partial charge in [-0.2, -0.15) is 9.97 Å². The third kappa shape index (κ3) is 5.40. The first-order valence-corrected chi connectivity index (χ1v) is 6.56. The van der Waals surface area contributed by atoms with Crippen LogP contribution in [0.4, 0.5) is 5.95 Å². The van der Waals surface area contributed by atoms with E-state index in [-0.39, 0.29) is 11.9 Å². The maximum atomic E-state index is 11.8. The smallest absolute Gasteiger partial charge is 0.236 e. The van der Waals surface area contributed by atoms with E-state index in [1.54, 1.807) is 6.07 Å². The van der Waals surface area contributed by atoms with Crippen molar-refractivity contribution < 1.29 is 14.3 Å². The Morgan fingerprint density at radius 2 is 1.90 bits per heavy atom. The van der Waals surface area contributed by atoms with Crippen LogP contribution in [0.2, 0.25) is 0 Å². The molecule has 0 aliphatic heterocycles. The molecule has 1 heterocycles. The summed E-state index contributed by atoms with van der Waals surface area (Å²) in [6, 6.07) is 1.54. The van der Waals surface area contributed by atoms with Gasteiger partial charge in [-0.3, -0.25) is 10.1 Å². The Balaban J connectivity index is 2.56. The highest BCUT2D eigenvalue weighted by Crippen LogP contribution is 2.17. The second-order valence-electron chi connectivity index (χ2n) is 4.55. The van der Waals surface area contributed by atoms with Gasteiger partial charge >= 0.3 is 0 Å². The van der Waals surface area contributed by atoms with Gasteiger partial charge in [0.15, 0.2) is 0 Å². The number of aromatic nitrogens is 2. The quantitative estimate of drug-likeness (QED) is 0.743. The third-order valence-corrected chi connectivity index (χ3v) is 2.87. The van der Waals surface area contributed by atoms with E-state index in [1.807, 2.05) is 0 Å². The second kappa shape index (κ2) is 8.31. The van der Waals surface area contributed by atoms with Gasteiger partial charge in [0.2, 0.25) is 23.6 Å². The number of hydrogen-bond donors (Lipinski definition) is 2. The lowest BCUT2D eigenvalue weighted by Gasteiger charge is -2.10. The molecule has 0 radical (unpaired) electrons. The summed E-state index contributed by atoms with van der Waals surface area (Å²) in [4.78, 5) is 19.9. The maximum Gasteiger partial charge on any atom is 0.236 e. The molecule has 1 unspecified atom stereocenters. The number of nitrogens with one attached hydrogen (secondary N) is 1. The average Bonchev–Trinajstić information content (AvgIpc) is 2.45. The third-order valence-electron chi connectivity index (χ3n) is 2.87. The molecule has 0 spiro atoms. The number of methoxy groups -OCH3 is 2. The number of hydrogen-bond acceptors (Lipinski definition) is 6. The molecule has 0 aliphatic carbocycles. The van der Waals surface area contributed by atoms with Gasteiger partial charge in [0, 0.05) is 6.42 Å². The van der Waals surface area contributed by atoms with E-state index in [0.717, 1.165) is 12.8 Å². The Kier molecular flexibility index (Phi) is 6.72. The standard InChI is InChI=1S/C13H22N4O3/c1-9(6-7-14)4-5-10(18)15-13-16-11(19-2)8-12(17-13)20-3/h8-9H,4-7,14H2,1-3H3,(H,15,16,17,18). The molecule has 0 saturated carbocycles. The number of carbonyl (C=O) groups excluding carboxylic acids is 1. The van der Waals surface area contributed by atoms with E-state index in [9.17, 15) is 4.79 Å². The van der Waals surface area contributed by atoms with Crippen LogP contribution in [0.15, 0.2) is 6.07 Å². The fourth-order valence-electron chi connectivity index (χ4n) is 1.66. The van der Waals surface area contributed by atoms with E-state index < -0.39 is 0 Å². The molecule has 0 aliphatic rings. The molecule has 112 valence electrons. The van der Waals surface area contributed by atoms with Gasteiger partial charge in [0.1, 0.15) is 0 Å². The van der Waals surface area contributed by atoms with Crippen molar-refractivity contribution in [2.45, 2.75) is 26.2 Å². The molecule has 1 rings (SSSR count). The van der Waals surface area contributed by atoms with Gasteiger partial charge in [0.05, 0.1) is 20.3 Å². The molecule has 1 atom stereocenters. The molecule has 1 amide bonds. The number of carbonyl (C=O) groups is 1. The van der Waals surface area contributed by atoms with Crippen molar-refractivity contribution in [3.05, 3.63) is 6.07 Å². The minimum absolute atomic E-state index is 0.135. The van der Waals surface area contributed by atoms with Crippen molar-refractivity contribution in [3.63, 3.8) is 0 Å². The first-order valence-electron chi connectivity index (χ1n) is 6.56. The number of nitrogens with zero attached hydrogens (tertiary/aromatic N) is 2. The van der Waals surface area contributed by atoms with Crippen LogP contribution in [-0.4, -0.2) is 36.6 Å². The van der Waals surface area contributed by atoms with Crippen LogP contribution in [0.25, 0.3) is 0 Å². The lowest BCUT2D eigenvalue weighted by molar-refractivity contribution is -0.116. The summed E-state index contributed by atoms with van der Waals surface area (Å²) >= 11 is 0. The van der Waals surface area contributed by atoms with Crippen molar-refractivity contribution in [2.24, 2.45) is 11.7 Å². The molecule has 7 nitrogen and oxygen atoms in total. The van der Waals surface area contributed by atoms with Crippen LogP contribution in [0.3, 0.4) is 0 Å². The minimum Gasteiger partial charge on any atom is -0.481 e. The summed E-state index contributed by atoms with van der Waals surface area (Å²) in [5, 5.41) is 2.64. The highest BCUT2D eigenvalue weighted by atomic mass is 16.5. The van der Waals surface area contributed by atoms with E-state index in [1.165, 1.54) is 14.2 Å². The lowest BCUT2D eigenvalue weighted by Crippen LogP contribution is -2.16. The normalized spacial score (nSPS) is 11.8. The molecule has 3 N–H and O–H groups in total. The van der Waals surface area contributed by atoms with Crippen molar-refractivity contribution in [3.8, 4) is 11.8 Å². The maximum absolute atomic E-state index is 11.8. The Morgan fingerprint density at radius 1 is 1.30 bits per heavy atom. The highest BCUT2D eigenvalue weighted by Gasteiger charge is 2.10. The van der Waals surface area contributed by atoms with E-state index in [4.69, 9.17) is 15.2 Å². The summed E-state index contributed by atoms with van der Waals surface area (Å²) in [6.07, 6.45) is 2.10. The van der Waals surface area contributed by atoms with E-state index in [0.29, 0.717) is 30.6 Å². The zero-order chi connectivity index (χ0) is 15.0. The molecule has 0 fully saturated rings. The Bertz CT molecular complexity index is 417. The predicted octanol–water partition coefficient (Wildman–Crippen LogP) is 1.20. The Labute approximate surface area is 118 Å². The van der Waals surface area contributed by atoms with Crippen molar-refractivity contribution in [2.75, 3.05) is 26.1 Å². The first-order chi connectivity index (χ1) is 9.58. The summed E-state index contributed by atoms with van der Waals surface area (Å²) in [7, 11) is 2.98. The molecule has 1 aromatic heterocycles. The van der Waals surface area contributed by atoms with Crippen molar-refractivity contribution in [1.82, 2.24) is 9.97 Å². The molecule has 20 heavy (non-hydrogen) atoms. The van der Waals surface area contributed by atoms with Gasteiger partial charge in [-0.15, -0.1) is 0 Å². The predicted molar refractivity (Wildman–Crippen MR) is 75.8 cm³/mol. The molecule has 7 heteroatoms. The minimum atomic E-state index is -0.135. The lowest BCUT2D eigenvalue weighted by atomic mass is 10.0. The molecule has 0 saturated heterocycles. The summed E-state index contributed by atoms with van der Waals surface area (Å²) < 4.78 is 10.0. The second-order valence-corrected chi connectivity index (χ2v) is 4.55. The van der Waals surface area contributed by atoms with Crippen LogP contribution in [0.1, 0.15) is 26.2 Å². The van der Waals surface area contributed by atoms with Crippen LogP contribution in [-0.2, 0) is 4.79 Å². The van der Waals surface area contributed by atoms with Crippen molar-refractivity contribution >= 4 is 11.9 Å². The Hall–Kier alpha value is -1.89. The Morgan fingerprint density at radius 3 is 2.40 bits per heavy atom. The van der Waals surface area contributed by atoms with Crippen LogP contribution >= 0.6 is 0 Å². The van der Waals surface area contributed by atoms with E-state index >= 15 is 0 Å². The fourth-order valence-corrected chi connectivity index (χ4v) is 1.66. The summed E-state index contributed by atoms with van der Waals surface area (Å²) in [5.74, 6) is 1.14. The van der Waals surface area contributed by atoms with Crippen molar-refractivity contribution in [1.29, 1.82) is 0 Å². The van der Waals surface area contributed by atoms with Crippen LogP contribution < -0.4 is 20.5 Å². The number of ether oxygens (including phenoxy) is 2. The number of nitrogens with two attached hydrogens (primary N) is 1. The summed E-state index contributed by atoms with van der Waals surface area (Å²) in [5.41, 5.74) is 5.47. The number of amides is 1. The van der Waals surface area contributed by atoms with Crippen LogP contribution in [0, 0.1) is 5.92 Å². The molecule has 0 aromatic carbocycles. The molecule has 0 bridgehead atoms. The zero-order valence-corrected chi connectivity index (χ0v) is 12.2. The summed E-state index contributed by atoms with van der Waals surface area (Å²) in [6.45, 7) is 2.71. The fraction of sp³-hybridized carbons (Fsp3) is 0.615.